The van der Waals surface area contributed by atoms with Gasteiger partial charge in [-0.15, -0.1) is 0 Å². The van der Waals surface area contributed by atoms with Crippen LogP contribution >= 0.6 is 11.6 Å². The highest BCUT2D eigenvalue weighted by Gasteiger charge is 2.14. The Balaban J connectivity index is 2.25. The number of nitro groups is 1. The number of amides is 1. The third-order valence-corrected chi connectivity index (χ3v) is 2.70. The van der Waals surface area contributed by atoms with Crippen molar-refractivity contribution in [1.29, 1.82) is 0 Å². The number of nitro benzene ring substituents is 1. The van der Waals surface area contributed by atoms with Crippen LogP contribution in [0.3, 0.4) is 0 Å². The number of anilines is 1. The largest absolute Gasteiger partial charge is 0.508 e. The molecule has 0 saturated heterocycles. The summed E-state index contributed by atoms with van der Waals surface area (Å²) in [5.74, 6) is -0.456. The Bertz CT molecular complexity index is 671. The van der Waals surface area contributed by atoms with Gasteiger partial charge in [-0.2, -0.15) is 0 Å². The van der Waals surface area contributed by atoms with Crippen LogP contribution in [0.5, 0.6) is 5.75 Å². The minimum Gasteiger partial charge on any atom is -0.508 e. The number of aromatic hydroxyl groups is 1. The molecule has 2 aromatic rings. The van der Waals surface area contributed by atoms with Gasteiger partial charge in [-0.3, -0.25) is 14.9 Å². The molecule has 0 aromatic heterocycles. The van der Waals surface area contributed by atoms with Gasteiger partial charge in [0.15, 0.2) is 0 Å². The summed E-state index contributed by atoms with van der Waals surface area (Å²) in [5.41, 5.74) is 0.279. The molecule has 0 radical (unpaired) electrons. The van der Waals surface area contributed by atoms with Crippen LogP contribution in [-0.2, 0) is 0 Å². The molecule has 2 N–H and O–H groups in total. The first-order chi connectivity index (χ1) is 9.45. The molecule has 0 atom stereocenters. The van der Waals surface area contributed by atoms with Crippen LogP contribution in [0.25, 0.3) is 0 Å². The van der Waals surface area contributed by atoms with Crippen LogP contribution in [0.15, 0.2) is 42.5 Å². The van der Waals surface area contributed by atoms with Gasteiger partial charge in [-0.05, 0) is 30.3 Å². The van der Waals surface area contributed by atoms with Gasteiger partial charge in [0.25, 0.3) is 11.6 Å². The Hall–Kier alpha value is -2.60. The summed E-state index contributed by atoms with van der Waals surface area (Å²) >= 11 is 5.74. The molecule has 0 aliphatic carbocycles. The molecule has 0 spiro atoms. The molecule has 0 saturated carbocycles. The third-order valence-electron chi connectivity index (χ3n) is 2.48. The molecule has 0 heterocycles. The first-order valence-electron chi connectivity index (χ1n) is 5.51. The van der Waals surface area contributed by atoms with E-state index in [1.165, 1.54) is 36.4 Å². The van der Waals surface area contributed by atoms with E-state index in [-0.39, 0.29) is 22.0 Å². The quantitative estimate of drug-likeness (QED) is 0.516. The maximum absolute atomic E-state index is 12.0. The van der Waals surface area contributed by atoms with E-state index in [1.807, 2.05) is 0 Å². The zero-order valence-corrected chi connectivity index (χ0v) is 10.8. The fourth-order valence-corrected chi connectivity index (χ4v) is 1.79. The number of phenolic OH excluding ortho intramolecular Hbond substituents is 1. The molecule has 6 nitrogen and oxygen atoms in total. The summed E-state index contributed by atoms with van der Waals surface area (Å²) in [4.78, 5) is 22.1. The summed E-state index contributed by atoms with van der Waals surface area (Å²) < 4.78 is 0. The second-order valence-electron chi connectivity index (χ2n) is 3.96. The SMILES string of the molecule is O=C(Nc1ccc(O)cc1)c1cc(Cl)cc([N+](=O)[O-])c1. The van der Waals surface area contributed by atoms with Gasteiger partial charge in [0.2, 0.25) is 0 Å². The van der Waals surface area contributed by atoms with E-state index >= 15 is 0 Å². The van der Waals surface area contributed by atoms with Crippen molar-refractivity contribution in [3.8, 4) is 5.75 Å². The number of carbonyl (C=O) groups is 1. The average Bonchev–Trinajstić information content (AvgIpc) is 2.40. The van der Waals surface area contributed by atoms with E-state index < -0.39 is 10.8 Å². The van der Waals surface area contributed by atoms with Crippen molar-refractivity contribution in [3.63, 3.8) is 0 Å². The van der Waals surface area contributed by atoms with E-state index in [2.05, 4.69) is 5.32 Å². The van der Waals surface area contributed by atoms with E-state index in [4.69, 9.17) is 16.7 Å². The molecule has 2 rings (SSSR count). The minimum absolute atomic E-state index is 0.0707. The Morgan fingerprint density at radius 2 is 1.85 bits per heavy atom. The number of halogens is 1. The van der Waals surface area contributed by atoms with Gasteiger partial charge in [-0.25, -0.2) is 0 Å². The van der Waals surface area contributed by atoms with E-state index in [0.717, 1.165) is 6.07 Å². The van der Waals surface area contributed by atoms with Gasteiger partial charge in [0, 0.05) is 28.4 Å². The fraction of sp³-hybridized carbons (Fsp3) is 0. The summed E-state index contributed by atoms with van der Waals surface area (Å²) in [6.45, 7) is 0. The lowest BCUT2D eigenvalue weighted by molar-refractivity contribution is -0.384. The maximum atomic E-state index is 12.0. The van der Waals surface area contributed by atoms with Crippen LogP contribution in [-0.4, -0.2) is 15.9 Å². The zero-order valence-electron chi connectivity index (χ0n) is 10.0. The second kappa shape index (κ2) is 5.58. The normalized spacial score (nSPS) is 10.1. The molecular weight excluding hydrogens is 284 g/mol. The molecule has 2 aromatic carbocycles. The monoisotopic (exact) mass is 292 g/mol. The molecule has 20 heavy (non-hydrogen) atoms. The molecule has 102 valence electrons. The number of carbonyl (C=O) groups excluding carboxylic acids is 1. The number of hydrogen-bond acceptors (Lipinski definition) is 4. The highest BCUT2D eigenvalue weighted by molar-refractivity contribution is 6.31. The molecule has 0 bridgehead atoms. The summed E-state index contributed by atoms with van der Waals surface area (Å²) in [7, 11) is 0. The molecule has 1 amide bonds. The molecule has 0 aliphatic heterocycles. The second-order valence-corrected chi connectivity index (χ2v) is 4.39. The molecule has 0 aliphatic rings. The average molecular weight is 293 g/mol. The number of phenols is 1. The third kappa shape index (κ3) is 3.24. The van der Waals surface area contributed by atoms with Gasteiger partial charge in [0.1, 0.15) is 5.75 Å². The predicted octanol–water partition coefficient (Wildman–Crippen LogP) is 3.21. The molecular formula is C13H9ClN2O4. The summed E-state index contributed by atoms with van der Waals surface area (Å²) in [6, 6.07) is 9.48. The molecule has 7 heteroatoms. The lowest BCUT2D eigenvalue weighted by Gasteiger charge is -2.05. The standard InChI is InChI=1S/C13H9ClN2O4/c14-9-5-8(6-11(7-9)16(19)20)13(18)15-10-1-3-12(17)4-2-10/h1-7,17H,(H,15,18). The van der Waals surface area contributed by atoms with E-state index in [9.17, 15) is 14.9 Å². The van der Waals surface area contributed by atoms with Gasteiger partial charge in [-0.1, -0.05) is 11.6 Å². The first kappa shape index (κ1) is 13.8. The number of nitrogens with zero attached hydrogens (tertiary/aromatic N) is 1. The Morgan fingerprint density at radius 3 is 2.45 bits per heavy atom. The number of benzene rings is 2. The Labute approximate surface area is 118 Å². The number of rotatable bonds is 3. The number of hydrogen-bond donors (Lipinski definition) is 2. The van der Waals surface area contributed by atoms with Crippen molar-refractivity contribution in [1.82, 2.24) is 0 Å². The first-order valence-corrected chi connectivity index (χ1v) is 5.89. The van der Waals surface area contributed by atoms with Crippen molar-refractivity contribution >= 4 is 28.9 Å². The minimum atomic E-state index is -0.622. The van der Waals surface area contributed by atoms with Crippen molar-refractivity contribution in [2.24, 2.45) is 0 Å². The highest BCUT2D eigenvalue weighted by atomic mass is 35.5. The zero-order chi connectivity index (χ0) is 14.7. The van der Waals surface area contributed by atoms with Gasteiger partial charge >= 0.3 is 0 Å². The van der Waals surface area contributed by atoms with Gasteiger partial charge < -0.3 is 10.4 Å². The highest BCUT2D eigenvalue weighted by Crippen LogP contribution is 2.22. The number of non-ortho nitro benzene ring substituents is 1. The fourth-order valence-electron chi connectivity index (χ4n) is 1.56. The summed E-state index contributed by atoms with van der Waals surface area (Å²) in [5, 5.41) is 22.5. The van der Waals surface area contributed by atoms with Crippen LogP contribution in [0.2, 0.25) is 5.02 Å². The number of nitrogens with one attached hydrogen (secondary N) is 1. The topological polar surface area (TPSA) is 92.5 Å². The maximum Gasteiger partial charge on any atom is 0.271 e. The lowest BCUT2D eigenvalue weighted by atomic mass is 10.2. The lowest BCUT2D eigenvalue weighted by Crippen LogP contribution is -2.12. The smallest absolute Gasteiger partial charge is 0.271 e. The van der Waals surface area contributed by atoms with Crippen molar-refractivity contribution in [3.05, 3.63) is 63.2 Å². The molecule has 0 unspecified atom stereocenters. The Morgan fingerprint density at radius 1 is 1.20 bits per heavy atom. The van der Waals surface area contributed by atoms with E-state index in [0.29, 0.717) is 5.69 Å². The summed E-state index contributed by atoms with van der Waals surface area (Å²) in [6.07, 6.45) is 0. The van der Waals surface area contributed by atoms with Crippen molar-refractivity contribution in [2.45, 2.75) is 0 Å². The van der Waals surface area contributed by atoms with Crippen LogP contribution < -0.4 is 5.32 Å². The van der Waals surface area contributed by atoms with Crippen LogP contribution in [0.4, 0.5) is 11.4 Å². The van der Waals surface area contributed by atoms with Crippen molar-refractivity contribution < 1.29 is 14.8 Å². The Kier molecular flexibility index (Phi) is 3.86. The predicted molar refractivity (Wildman–Crippen MR) is 74.2 cm³/mol. The van der Waals surface area contributed by atoms with Crippen LogP contribution in [0, 0.1) is 10.1 Å². The van der Waals surface area contributed by atoms with Gasteiger partial charge in [0.05, 0.1) is 4.92 Å². The van der Waals surface area contributed by atoms with E-state index in [1.54, 1.807) is 0 Å². The molecule has 0 fully saturated rings. The van der Waals surface area contributed by atoms with Crippen molar-refractivity contribution in [2.75, 3.05) is 5.32 Å². The van der Waals surface area contributed by atoms with Crippen LogP contribution in [0.1, 0.15) is 10.4 Å².